The average Bonchev–Trinajstić information content (AvgIpc) is 2.80. The van der Waals surface area contributed by atoms with Gasteiger partial charge in [-0.1, -0.05) is 12.1 Å². The molecule has 0 N–H and O–H groups in total. The van der Waals surface area contributed by atoms with E-state index in [0.717, 1.165) is 11.2 Å². The Kier molecular flexibility index (Phi) is 3.17. The average molecular weight is 276 g/mol. The van der Waals surface area contributed by atoms with Crippen molar-refractivity contribution in [1.82, 2.24) is 14.5 Å². The SMILES string of the molecule is Fc1cccc2c1nc(CCl)n2Cc1ccccn1. The van der Waals surface area contributed by atoms with Crippen molar-refractivity contribution < 1.29 is 4.39 Å². The Hall–Kier alpha value is -1.94. The highest BCUT2D eigenvalue weighted by Gasteiger charge is 2.13. The van der Waals surface area contributed by atoms with Gasteiger partial charge < -0.3 is 4.57 Å². The second kappa shape index (κ2) is 4.97. The number of para-hydroxylation sites is 1. The molecular weight excluding hydrogens is 265 g/mol. The monoisotopic (exact) mass is 275 g/mol. The number of hydrogen-bond donors (Lipinski definition) is 0. The summed E-state index contributed by atoms with van der Waals surface area (Å²) in [6.45, 7) is 0.531. The largest absolute Gasteiger partial charge is 0.321 e. The van der Waals surface area contributed by atoms with Crippen LogP contribution in [0, 0.1) is 5.82 Å². The van der Waals surface area contributed by atoms with Gasteiger partial charge in [0.1, 0.15) is 11.3 Å². The highest BCUT2D eigenvalue weighted by molar-refractivity contribution is 6.16. The topological polar surface area (TPSA) is 30.7 Å². The van der Waals surface area contributed by atoms with E-state index in [4.69, 9.17) is 11.6 Å². The van der Waals surface area contributed by atoms with E-state index in [1.807, 2.05) is 28.8 Å². The van der Waals surface area contributed by atoms with Gasteiger partial charge in [-0.05, 0) is 24.3 Å². The molecule has 96 valence electrons. The van der Waals surface area contributed by atoms with Gasteiger partial charge in [0, 0.05) is 6.20 Å². The lowest BCUT2D eigenvalue weighted by atomic mass is 10.3. The minimum absolute atomic E-state index is 0.237. The van der Waals surface area contributed by atoms with Crippen LogP contribution in [0.5, 0.6) is 0 Å². The van der Waals surface area contributed by atoms with Gasteiger partial charge in [0.15, 0.2) is 5.82 Å². The lowest BCUT2D eigenvalue weighted by molar-refractivity contribution is 0.637. The molecule has 1 aromatic carbocycles. The number of imidazole rings is 1. The van der Waals surface area contributed by atoms with Crippen LogP contribution >= 0.6 is 11.6 Å². The van der Waals surface area contributed by atoms with Crippen LogP contribution in [0.4, 0.5) is 4.39 Å². The van der Waals surface area contributed by atoms with E-state index >= 15 is 0 Å². The predicted molar refractivity (Wildman–Crippen MR) is 72.6 cm³/mol. The second-order valence-electron chi connectivity index (χ2n) is 4.18. The molecule has 2 aromatic heterocycles. The summed E-state index contributed by atoms with van der Waals surface area (Å²) in [5.74, 6) is 0.553. The number of fused-ring (bicyclic) bond motifs is 1. The fourth-order valence-corrected chi connectivity index (χ4v) is 2.30. The van der Waals surface area contributed by atoms with Gasteiger partial charge in [-0.2, -0.15) is 0 Å². The molecule has 19 heavy (non-hydrogen) atoms. The first-order valence-electron chi connectivity index (χ1n) is 5.89. The summed E-state index contributed by atoms with van der Waals surface area (Å²) >= 11 is 5.90. The van der Waals surface area contributed by atoms with E-state index in [2.05, 4.69) is 9.97 Å². The van der Waals surface area contributed by atoms with Crippen LogP contribution in [-0.2, 0) is 12.4 Å². The fourth-order valence-electron chi connectivity index (χ4n) is 2.09. The normalized spacial score (nSPS) is 11.1. The first-order chi connectivity index (χ1) is 9.29. The molecule has 0 spiro atoms. The number of nitrogens with zero attached hydrogens (tertiary/aromatic N) is 3. The molecule has 0 fully saturated rings. The Morgan fingerprint density at radius 1 is 1.16 bits per heavy atom. The van der Waals surface area contributed by atoms with Crippen molar-refractivity contribution in [2.24, 2.45) is 0 Å². The number of hydrogen-bond acceptors (Lipinski definition) is 2. The maximum atomic E-state index is 13.7. The van der Waals surface area contributed by atoms with E-state index in [-0.39, 0.29) is 11.7 Å². The molecule has 3 nitrogen and oxygen atoms in total. The smallest absolute Gasteiger partial charge is 0.151 e. The number of halogens is 2. The lowest BCUT2D eigenvalue weighted by Gasteiger charge is -2.06. The van der Waals surface area contributed by atoms with Crippen molar-refractivity contribution in [2.45, 2.75) is 12.4 Å². The van der Waals surface area contributed by atoms with Gasteiger partial charge in [0.25, 0.3) is 0 Å². The van der Waals surface area contributed by atoms with Crippen LogP contribution < -0.4 is 0 Å². The summed E-state index contributed by atoms with van der Waals surface area (Å²) in [5, 5.41) is 0. The van der Waals surface area contributed by atoms with Crippen molar-refractivity contribution in [3.63, 3.8) is 0 Å². The quantitative estimate of drug-likeness (QED) is 0.686. The van der Waals surface area contributed by atoms with Gasteiger partial charge in [0.05, 0.1) is 23.6 Å². The molecule has 5 heteroatoms. The van der Waals surface area contributed by atoms with Crippen LogP contribution in [0.2, 0.25) is 0 Å². The molecule has 0 saturated carbocycles. The molecule has 0 aliphatic heterocycles. The Morgan fingerprint density at radius 3 is 2.79 bits per heavy atom. The van der Waals surface area contributed by atoms with Crippen LogP contribution in [0.3, 0.4) is 0 Å². The van der Waals surface area contributed by atoms with Gasteiger partial charge >= 0.3 is 0 Å². The van der Waals surface area contributed by atoms with Crippen molar-refractivity contribution in [3.05, 3.63) is 59.9 Å². The van der Waals surface area contributed by atoms with Crippen molar-refractivity contribution >= 4 is 22.6 Å². The lowest BCUT2D eigenvalue weighted by Crippen LogP contribution is -2.05. The molecule has 0 atom stereocenters. The van der Waals surface area contributed by atoms with Gasteiger partial charge in [-0.25, -0.2) is 9.37 Å². The zero-order chi connectivity index (χ0) is 13.2. The van der Waals surface area contributed by atoms with E-state index in [1.54, 1.807) is 12.3 Å². The maximum Gasteiger partial charge on any atom is 0.151 e. The first kappa shape index (κ1) is 12.1. The van der Waals surface area contributed by atoms with Gasteiger partial charge in [-0.15, -0.1) is 11.6 Å². The van der Waals surface area contributed by atoms with E-state index in [9.17, 15) is 4.39 Å². The third-order valence-corrected chi connectivity index (χ3v) is 3.21. The van der Waals surface area contributed by atoms with E-state index < -0.39 is 0 Å². The van der Waals surface area contributed by atoms with E-state index in [0.29, 0.717) is 17.9 Å². The molecule has 3 rings (SSSR count). The first-order valence-corrected chi connectivity index (χ1v) is 6.42. The number of aromatic nitrogens is 3. The molecule has 0 radical (unpaired) electrons. The molecule has 0 unspecified atom stereocenters. The third kappa shape index (κ3) is 2.19. The molecule has 0 aliphatic carbocycles. The van der Waals surface area contributed by atoms with Crippen LogP contribution in [0.25, 0.3) is 11.0 Å². The Balaban J connectivity index is 2.14. The Morgan fingerprint density at radius 2 is 2.05 bits per heavy atom. The number of benzene rings is 1. The Labute approximate surface area is 114 Å². The third-order valence-electron chi connectivity index (χ3n) is 2.97. The molecule has 2 heterocycles. The molecular formula is C14H11ClFN3. The second-order valence-corrected chi connectivity index (χ2v) is 4.44. The fraction of sp³-hybridized carbons (Fsp3) is 0.143. The maximum absolute atomic E-state index is 13.7. The summed E-state index contributed by atoms with van der Waals surface area (Å²) in [6.07, 6.45) is 1.73. The molecule has 3 aromatic rings. The zero-order valence-electron chi connectivity index (χ0n) is 10.1. The highest BCUT2D eigenvalue weighted by Crippen LogP contribution is 2.21. The molecule has 0 saturated heterocycles. The number of alkyl halides is 1. The van der Waals surface area contributed by atoms with Crippen molar-refractivity contribution in [2.75, 3.05) is 0 Å². The summed E-state index contributed by atoms with van der Waals surface area (Å²) in [7, 11) is 0. The Bertz CT molecular complexity index is 709. The summed E-state index contributed by atoms with van der Waals surface area (Å²) in [4.78, 5) is 8.53. The van der Waals surface area contributed by atoms with Gasteiger partial charge in [0.2, 0.25) is 0 Å². The van der Waals surface area contributed by atoms with Crippen molar-refractivity contribution in [3.8, 4) is 0 Å². The molecule has 0 aliphatic rings. The van der Waals surface area contributed by atoms with Crippen LogP contribution in [0.15, 0.2) is 42.6 Å². The molecule has 0 bridgehead atoms. The summed E-state index contributed by atoms with van der Waals surface area (Å²) in [5.41, 5.74) is 1.98. The van der Waals surface area contributed by atoms with Gasteiger partial charge in [-0.3, -0.25) is 4.98 Å². The highest BCUT2D eigenvalue weighted by atomic mass is 35.5. The molecule has 0 amide bonds. The summed E-state index contributed by atoms with van der Waals surface area (Å²) in [6, 6.07) is 10.6. The minimum atomic E-state index is -0.330. The zero-order valence-corrected chi connectivity index (χ0v) is 10.8. The van der Waals surface area contributed by atoms with E-state index in [1.165, 1.54) is 6.07 Å². The summed E-state index contributed by atoms with van der Waals surface area (Å²) < 4.78 is 15.6. The minimum Gasteiger partial charge on any atom is -0.321 e. The number of pyridine rings is 1. The van der Waals surface area contributed by atoms with Crippen molar-refractivity contribution in [1.29, 1.82) is 0 Å². The van der Waals surface area contributed by atoms with Crippen LogP contribution in [0.1, 0.15) is 11.5 Å². The van der Waals surface area contributed by atoms with Crippen LogP contribution in [-0.4, -0.2) is 14.5 Å². The standard InChI is InChI=1S/C14H11ClFN3/c15-8-13-18-14-11(16)5-3-6-12(14)19(13)9-10-4-1-2-7-17-10/h1-7H,8-9H2. The number of rotatable bonds is 3. The predicted octanol–water partition coefficient (Wildman–Crippen LogP) is 3.36.